The third-order valence-electron chi connectivity index (χ3n) is 8.71. The lowest BCUT2D eigenvalue weighted by atomic mass is 9.91. The molecule has 1 saturated heterocycles. The monoisotopic (exact) mass is 498 g/mol. The zero-order valence-corrected chi connectivity index (χ0v) is 22.6. The zero-order chi connectivity index (χ0) is 24.6. The van der Waals surface area contributed by atoms with E-state index in [1.165, 1.54) is 43.4 Å². The summed E-state index contributed by atoms with van der Waals surface area (Å²) >= 11 is 1.77. The van der Waals surface area contributed by atoms with Gasteiger partial charge in [0.25, 0.3) is 5.91 Å². The molecule has 1 aliphatic carbocycles. The second kappa shape index (κ2) is 10.3. The number of thiophene rings is 1. The molecule has 2 atom stereocenters. The van der Waals surface area contributed by atoms with Crippen molar-refractivity contribution in [2.45, 2.75) is 109 Å². The number of likely N-dealkylation sites (tertiary alicyclic amines) is 1. The van der Waals surface area contributed by atoms with E-state index in [-0.39, 0.29) is 17.9 Å². The number of fused-ring (bicyclic) bond motifs is 3. The van der Waals surface area contributed by atoms with Gasteiger partial charge < -0.3 is 19.7 Å². The van der Waals surface area contributed by atoms with Crippen LogP contribution in [0.25, 0.3) is 10.2 Å². The topological polar surface area (TPSA) is 57.6 Å². The molecular formula is C28H42N4O2S. The van der Waals surface area contributed by atoms with Crippen molar-refractivity contribution >= 4 is 33.4 Å². The van der Waals surface area contributed by atoms with E-state index in [0.29, 0.717) is 19.1 Å². The maximum atomic E-state index is 13.9. The van der Waals surface area contributed by atoms with Crippen LogP contribution in [0, 0.1) is 0 Å². The Bertz CT molecular complexity index is 1070. The van der Waals surface area contributed by atoms with Crippen LogP contribution in [0.5, 0.6) is 0 Å². The second-order valence-corrected chi connectivity index (χ2v) is 12.4. The van der Waals surface area contributed by atoms with Crippen LogP contribution in [-0.4, -0.2) is 63.4 Å². The van der Waals surface area contributed by atoms with Crippen molar-refractivity contribution in [3.8, 4) is 0 Å². The quantitative estimate of drug-likeness (QED) is 0.571. The Balaban J connectivity index is 1.40. The number of carbonyl (C=O) groups excluding carboxylic acids is 2. The van der Waals surface area contributed by atoms with Gasteiger partial charge in [0.05, 0.1) is 16.8 Å². The first-order valence-electron chi connectivity index (χ1n) is 13.9. The molecule has 35 heavy (non-hydrogen) atoms. The molecular weight excluding hydrogens is 456 g/mol. The standard InChI is InChI=1S/C28H42N4O2S/c1-4-22-17-23-25(35-22)18-24-26(33)32(16-10-15-30-14-9-8-11-20(30)2)28(3,19-31(23)24)27(34)29-21-12-6-5-7-13-21/h17-18,20-21H,4-16,19H2,1-3H3,(H,29,34)/t20-,28+/m0/s1. The van der Waals surface area contributed by atoms with Crippen LogP contribution in [-0.2, 0) is 17.8 Å². The summed E-state index contributed by atoms with van der Waals surface area (Å²) in [5.41, 5.74) is 0.965. The normalized spacial score (nSPS) is 26.3. The minimum Gasteiger partial charge on any atom is -0.351 e. The summed E-state index contributed by atoms with van der Waals surface area (Å²) in [7, 11) is 0. The van der Waals surface area contributed by atoms with E-state index in [4.69, 9.17) is 0 Å². The van der Waals surface area contributed by atoms with Crippen LogP contribution in [0.3, 0.4) is 0 Å². The molecule has 2 aromatic rings. The van der Waals surface area contributed by atoms with E-state index < -0.39 is 5.54 Å². The van der Waals surface area contributed by atoms with Gasteiger partial charge in [-0.2, -0.15) is 0 Å². The van der Waals surface area contributed by atoms with Crippen LogP contribution in [0.4, 0.5) is 0 Å². The van der Waals surface area contributed by atoms with E-state index >= 15 is 0 Å². The minimum atomic E-state index is -0.880. The van der Waals surface area contributed by atoms with Crippen LogP contribution < -0.4 is 5.32 Å². The highest BCUT2D eigenvalue weighted by molar-refractivity contribution is 7.19. The maximum Gasteiger partial charge on any atom is 0.271 e. The highest BCUT2D eigenvalue weighted by Gasteiger charge is 2.48. The lowest BCUT2D eigenvalue weighted by Crippen LogP contribution is -2.65. The zero-order valence-electron chi connectivity index (χ0n) is 21.8. The van der Waals surface area contributed by atoms with Gasteiger partial charge in [-0.1, -0.05) is 32.6 Å². The summed E-state index contributed by atoms with van der Waals surface area (Å²) in [5, 5.41) is 3.36. The van der Waals surface area contributed by atoms with Crippen molar-refractivity contribution in [2.75, 3.05) is 19.6 Å². The summed E-state index contributed by atoms with van der Waals surface area (Å²) in [5.74, 6) is 0.0215. The number of aromatic nitrogens is 1. The number of aryl methyl sites for hydroxylation is 1. The van der Waals surface area contributed by atoms with Crippen molar-refractivity contribution in [3.63, 3.8) is 0 Å². The number of piperidine rings is 1. The fourth-order valence-corrected chi connectivity index (χ4v) is 7.46. The van der Waals surface area contributed by atoms with Gasteiger partial charge in [-0.15, -0.1) is 11.3 Å². The van der Waals surface area contributed by atoms with E-state index in [9.17, 15) is 9.59 Å². The smallest absolute Gasteiger partial charge is 0.271 e. The summed E-state index contributed by atoms with van der Waals surface area (Å²) < 4.78 is 3.28. The Morgan fingerprint density at radius 2 is 1.89 bits per heavy atom. The number of hydrogen-bond donors (Lipinski definition) is 1. The molecule has 0 spiro atoms. The highest BCUT2D eigenvalue weighted by Crippen LogP contribution is 2.36. The first-order valence-corrected chi connectivity index (χ1v) is 14.7. The highest BCUT2D eigenvalue weighted by atomic mass is 32.1. The Morgan fingerprint density at radius 1 is 1.11 bits per heavy atom. The summed E-state index contributed by atoms with van der Waals surface area (Å²) in [6.07, 6.45) is 11.4. The fourth-order valence-electron chi connectivity index (χ4n) is 6.42. The Labute approximate surface area is 214 Å². The second-order valence-electron chi connectivity index (χ2n) is 11.2. The van der Waals surface area contributed by atoms with Crippen LogP contribution >= 0.6 is 11.3 Å². The maximum absolute atomic E-state index is 13.9. The molecule has 192 valence electrons. The molecule has 1 saturated carbocycles. The summed E-state index contributed by atoms with van der Waals surface area (Å²) in [6, 6.07) is 5.11. The molecule has 2 aliphatic heterocycles. The molecule has 1 N–H and O–H groups in total. The number of amides is 2. The fraction of sp³-hybridized carbons (Fsp3) is 0.714. The minimum absolute atomic E-state index is 0.00526. The molecule has 0 bridgehead atoms. The third kappa shape index (κ3) is 4.78. The van der Waals surface area contributed by atoms with Crippen LogP contribution in [0.1, 0.15) is 93.9 Å². The first kappa shape index (κ1) is 24.8. The molecule has 3 aliphatic rings. The van der Waals surface area contributed by atoms with E-state index in [2.05, 4.69) is 40.8 Å². The number of rotatable bonds is 7. The first-order chi connectivity index (χ1) is 16.9. The average Bonchev–Trinajstić information content (AvgIpc) is 3.41. The van der Waals surface area contributed by atoms with E-state index in [1.807, 2.05) is 11.8 Å². The van der Waals surface area contributed by atoms with Gasteiger partial charge in [-0.05, 0) is 71.0 Å². The van der Waals surface area contributed by atoms with Crippen molar-refractivity contribution in [1.29, 1.82) is 0 Å². The van der Waals surface area contributed by atoms with Crippen LogP contribution in [0.15, 0.2) is 12.1 Å². The van der Waals surface area contributed by atoms with Crippen LogP contribution in [0.2, 0.25) is 0 Å². The Kier molecular flexibility index (Phi) is 7.27. The Hall–Kier alpha value is -1.86. The van der Waals surface area contributed by atoms with Gasteiger partial charge in [-0.3, -0.25) is 9.59 Å². The molecule has 4 heterocycles. The SMILES string of the molecule is CCc1cc2c(cc3n2C[C@](C)(C(=O)NC2CCCCC2)N(CCCN2CCCC[C@@H]2C)C3=O)s1. The van der Waals surface area contributed by atoms with Gasteiger partial charge >= 0.3 is 0 Å². The Morgan fingerprint density at radius 3 is 2.63 bits per heavy atom. The molecule has 0 aromatic carbocycles. The van der Waals surface area contributed by atoms with Gasteiger partial charge in [0.2, 0.25) is 5.91 Å². The number of nitrogens with zero attached hydrogens (tertiary/aromatic N) is 3. The molecule has 5 rings (SSSR count). The summed E-state index contributed by atoms with van der Waals surface area (Å²) in [4.78, 5) is 33.6. The third-order valence-corrected chi connectivity index (χ3v) is 9.93. The molecule has 0 unspecified atom stereocenters. The predicted octanol–water partition coefficient (Wildman–Crippen LogP) is 5.19. The molecule has 7 heteroatoms. The van der Waals surface area contributed by atoms with Gasteiger partial charge in [0, 0.05) is 30.1 Å². The number of carbonyl (C=O) groups is 2. The number of nitrogens with one attached hydrogen (secondary N) is 1. The van der Waals surface area contributed by atoms with Crippen molar-refractivity contribution in [3.05, 3.63) is 22.7 Å². The van der Waals surface area contributed by atoms with Crippen molar-refractivity contribution in [1.82, 2.24) is 19.7 Å². The van der Waals surface area contributed by atoms with Crippen molar-refractivity contribution in [2.24, 2.45) is 0 Å². The van der Waals surface area contributed by atoms with E-state index in [0.717, 1.165) is 54.7 Å². The van der Waals surface area contributed by atoms with Gasteiger partial charge in [-0.25, -0.2) is 0 Å². The largest absolute Gasteiger partial charge is 0.351 e. The van der Waals surface area contributed by atoms with E-state index in [1.54, 1.807) is 11.3 Å². The predicted molar refractivity (Wildman–Crippen MR) is 143 cm³/mol. The summed E-state index contributed by atoms with van der Waals surface area (Å²) in [6.45, 7) is 9.76. The van der Waals surface area contributed by atoms with Gasteiger partial charge in [0.15, 0.2) is 0 Å². The average molecular weight is 499 g/mol. The van der Waals surface area contributed by atoms with Gasteiger partial charge in [0.1, 0.15) is 11.2 Å². The molecule has 2 amide bonds. The molecule has 2 fully saturated rings. The van der Waals surface area contributed by atoms with Crippen molar-refractivity contribution < 1.29 is 9.59 Å². The molecule has 0 radical (unpaired) electrons. The number of hydrogen-bond acceptors (Lipinski definition) is 4. The lowest BCUT2D eigenvalue weighted by molar-refractivity contribution is -0.133. The lowest BCUT2D eigenvalue weighted by Gasteiger charge is -2.45. The molecule has 2 aromatic heterocycles. The molecule has 6 nitrogen and oxygen atoms in total.